The monoisotopic (exact) mass is 306 g/mol. The van der Waals surface area contributed by atoms with Crippen molar-refractivity contribution in [2.75, 3.05) is 20.8 Å². The van der Waals surface area contributed by atoms with Crippen molar-refractivity contribution in [1.29, 1.82) is 0 Å². The third kappa shape index (κ3) is 4.09. The Hall–Kier alpha value is -1.78. The molecule has 0 radical (unpaired) electrons. The molecule has 0 amide bonds. The number of aromatic nitrogens is 1. The number of nitrogens with zero attached hydrogens (tertiary/aromatic N) is 1. The zero-order valence-electron chi connectivity index (χ0n) is 12.2. The van der Waals surface area contributed by atoms with Crippen LogP contribution in [-0.4, -0.2) is 25.7 Å². The van der Waals surface area contributed by atoms with Gasteiger partial charge in [-0.3, -0.25) is 4.98 Å². The molecule has 0 saturated carbocycles. The lowest BCUT2D eigenvalue weighted by atomic mass is 10.1. The molecule has 1 aromatic carbocycles. The summed E-state index contributed by atoms with van der Waals surface area (Å²) in [6.07, 6.45) is 4.56. The number of hydrogen-bond donors (Lipinski definition) is 1. The minimum atomic E-state index is 0.576. The lowest BCUT2D eigenvalue weighted by molar-refractivity contribution is 0.354. The van der Waals surface area contributed by atoms with Gasteiger partial charge in [0.1, 0.15) is 0 Å². The van der Waals surface area contributed by atoms with Crippen molar-refractivity contribution in [2.24, 2.45) is 0 Å². The zero-order chi connectivity index (χ0) is 15.1. The van der Waals surface area contributed by atoms with Crippen LogP contribution in [0.2, 0.25) is 5.02 Å². The van der Waals surface area contributed by atoms with Gasteiger partial charge in [0.2, 0.25) is 0 Å². The minimum absolute atomic E-state index is 0.576. The van der Waals surface area contributed by atoms with Gasteiger partial charge in [-0.05, 0) is 42.3 Å². The summed E-state index contributed by atoms with van der Waals surface area (Å²) in [5, 5.41) is 3.97. The van der Waals surface area contributed by atoms with Crippen LogP contribution < -0.4 is 14.8 Å². The summed E-state index contributed by atoms with van der Waals surface area (Å²) in [6, 6.07) is 7.85. The molecule has 5 heteroatoms. The third-order valence-electron chi connectivity index (χ3n) is 3.22. The van der Waals surface area contributed by atoms with E-state index >= 15 is 0 Å². The van der Waals surface area contributed by atoms with Gasteiger partial charge in [0, 0.05) is 18.9 Å². The zero-order valence-corrected chi connectivity index (χ0v) is 13.0. The van der Waals surface area contributed by atoms with Crippen molar-refractivity contribution < 1.29 is 9.47 Å². The van der Waals surface area contributed by atoms with E-state index in [-0.39, 0.29) is 0 Å². The van der Waals surface area contributed by atoms with Crippen LogP contribution in [0.1, 0.15) is 11.1 Å². The van der Waals surface area contributed by atoms with Crippen molar-refractivity contribution in [3.8, 4) is 11.5 Å². The van der Waals surface area contributed by atoms with E-state index in [1.807, 2.05) is 24.3 Å². The first-order valence-corrected chi connectivity index (χ1v) is 7.13. The summed E-state index contributed by atoms with van der Waals surface area (Å²) in [5.74, 6) is 1.22. The molecule has 0 aliphatic heterocycles. The molecule has 1 N–H and O–H groups in total. The van der Waals surface area contributed by atoms with Crippen LogP contribution in [0.5, 0.6) is 11.5 Å². The fourth-order valence-electron chi connectivity index (χ4n) is 2.07. The molecule has 0 fully saturated rings. The van der Waals surface area contributed by atoms with Gasteiger partial charge < -0.3 is 14.8 Å². The molecule has 0 saturated heterocycles. The van der Waals surface area contributed by atoms with E-state index < -0.39 is 0 Å². The summed E-state index contributed by atoms with van der Waals surface area (Å²) in [7, 11) is 3.19. The molecule has 0 atom stereocenters. The van der Waals surface area contributed by atoms with Crippen LogP contribution in [0.4, 0.5) is 0 Å². The van der Waals surface area contributed by atoms with Gasteiger partial charge in [0.05, 0.1) is 19.2 Å². The van der Waals surface area contributed by atoms with Crippen LogP contribution in [-0.2, 0) is 13.0 Å². The number of ether oxygens (including phenoxy) is 2. The molecule has 0 aliphatic carbocycles. The standard InChI is InChI=1S/C16H19ClN2O2/c1-20-14-4-3-13(15(17)16(14)21-2)11-19-10-7-12-5-8-18-9-6-12/h3-6,8-9,19H,7,10-11H2,1-2H3. The molecule has 0 unspecified atom stereocenters. The van der Waals surface area contributed by atoms with Gasteiger partial charge in [-0.1, -0.05) is 17.7 Å². The quantitative estimate of drug-likeness (QED) is 0.798. The summed E-state index contributed by atoms with van der Waals surface area (Å²) in [4.78, 5) is 4.00. The van der Waals surface area contributed by atoms with Gasteiger partial charge in [0.25, 0.3) is 0 Å². The topological polar surface area (TPSA) is 43.4 Å². The molecule has 1 aromatic heterocycles. The minimum Gasteiger partial charge on any atom is -0.493 e. The molecule has 4 nitrogen and oxygen atoms in total. The number of methoxy groups -OCH3 is 2. The van der Waals surface area contributed by atoms with E-state index in [9.17, 15) is 0 Å². The average molecular weight is 307 g/mol. The number of rotatable bonds is 7. The second-order valence-electron chi connectivity index (χ2n) is 4.56. The Kier molecular flexibility index (Phi) is 5.84. The first-order chi connectivity index (χ1) is 10.3. The lowest BCUT2D eigenvalue weighted by Gasteiger charge is -2.13. The van der Waals surface area contributed by atoms with Crippen LogP contribution in [0.15, 0.2) is 36.7 Å². The van der Waals surface area contributed by atoms with Gasteiger partial charge >= 0.3 is 0 Å². The summed E-state index contributed by atoms with van der Waals surface area (Å²) < 4.78 is 10.5. The molecule has 2 aromatic rings. The largest absolute Gasteiger partial charge is 0.493 e. The highest BCUT2D eigenvalue weighted by atomic mass is 35.5. The Morgan fingerprint density at radius 1 is 1.10 bits per heavy atom. The first-order valence-electron chi connectivity index (χ1n) is 6.75. The van der Waals surface area contributed by atoms with E-state index in [0.717, 1.165) is 18.5 Å². The summed E-state index contributed by atoms with van der Waals surface area (Å²) >= 11 is 6.34. The van der Waals surface area contributed by atoms with Crippen LogP contribution in [0.3, 0.4) is 0 Å². The Labute approximate surface area is 130 Å². The molecule has 0 bridgehead atoms. The lowest BCUT2D eigenvalue weighted by Crippen LogP contribution is -2.17. The van der Waals surface area contributed by atoms with E-state index in [0.29, 0.717) is 23.1 Å². The van der Waals surface area contributed by atoms with Crippen molar-refractivity contribution >= 4 is 11.6 Å². The van der Waals surface area contributed by atoms with Crippen molar-refractivity contribution in [2.45, 2.75) is 13.0 Å². The summed E-state index contributed by atoms with van der Waals surface area (Å²) in [6.45, 7) is 1.55. The van der Waals surface area contributed by atoms with Gasteiger partial charge in [-0.2, -0.15) is 0 Å². The van der Waals surface area contributed by atoms with Crippen LogP contribution in [0.25, 0.3) is 0 Å². The predicted molar refractivity (Wildman–Crippen MR) is 84.2 cm³/mol. The highest BCUT2D eigenvalue weighted by molar-refractivity contribution is 6.33. The molecular weight excluding hydrogens is 288 g/mol. The number of nitrogens with one attached hydrogen (secondary N) is 1. The smallest absolute Gasteiger partial charge is 0.179 e. The number of pyridine rings is 1. The van der Waals surface area contributed by atoms with Crippen molar-refractivity contribution in [1.82, 2.24) is 10.3 Å². The fourth-order valence-corrected chi connectivity index (χ4v) is 2.37. The molecular formula is C16H19ClN2O2. The van der Waals surface area contributed by atoms with Gasteiger partial charge in [-0.15, -0.1) is 0 Å². The van der Waals surface area contributed by atoms with E-state index in [1.165, 1.54) is 5.56 Å². The maximum atomic E-state index is 6.34. The summed E-state index contributed by atoms with van der Waals surface area (Å²) in [5.41, 5.74) is 2.25. The van der Waals surface area contributed by atoms with Crippen molar-refractivity contribution in [3.05, 3.63) is 52.8 Å². The second kappa shape index (κ2) is 7.86. The number of halogens is 1. The number of benzene rings is 1. The highest BCUT2D eigenvalue weighted by Gasteiger charge is 2.12. The predicted octanol–water partition coefficient (Wildman–Crippen LogP) is 3.08. The maximum absolute atomic E-state index is 6.34. The van der Waals surface area contributed by atoms with Crippen molar-refractivity contribution in [3.63, 3.8) is 0 Å². The number of hydrogen-bond acceptors (Lipinski definition) is 4. The molecule has 2 rings (SSSR count). The Bertz CT molecular complexity index is 576. The normalized spacial score (nSPS) is 10.4. The first kappa shape index (κ1) is 15.6. The second-order valence-corrected chi connectivity index (χ2v) is 4.93. The third-order valence-corrected chi connectivity index (χ3v) is 3.63. The molecule has 0 aliphatic rings. The van der Waals surface area contributed by atoms with E-state index in [2.05, 4.69) is 10.3 Å². The van der Waals surface area contributed by atoms with E-state index in [1.54, 1.807) is 26.6 Å². The molecule has 0 spiro atoms. The van der Waals surface area contributed by atoms with Gasteiger partial charge in [-0.25, -0.2) is 0 Å². The Morgan fingerprint density at radius 3 is 2.52 bits per heavy atom. The fraction of sp³-hybridized carbons (Fsp3) is 0.312. The Morgan fingerprint density at radius 2 is 1.86 bits per heavy atom. The molecule has 112 valence electrons. The van der Waals surface area contributed by atoms with E-state index in [4.69, 9.17) is 21.1 Å². The SMILES string of the molecule is COc1ccc(CNCCc2ccncc2)c(Cl)c1OC. The maximum Gasteiger partial charge on any atom is 0.179 e. The van der Waals surface area contributed by atoms with Crippen LogP contribution in [0, 0.1) is 0 Å². The Balaban J connectivity index is 1.91. The molecule has 21 heavy (non-hydrogen) atoms. The average Bonchev–Trinajstić information content (AvgIpc) is 2.53. The van der Waals surface area contributed by atoms with Crippen LogP contribution >= 0.6 is 11.6 Å². The highest BCUT2D eigenvalue weighted by Crippen LogP contribution is 2.37. The molecule has 1 heterocycles. The van der Waals surface area contributed by atoms with Gasteiger partial charge in [0.15, 0.2) is 11.5 Å².